The Hall–Kier alpha value is -4.19. The topological polar surface area (TPSA) is 127 Å². The largest absolute Gasteiger partial charge is 0.479 e. The quantitative estimate of drug-likeness (QED) is 0.324. The number of nitrogens with one attached hydrogen (secondary N) is 2. The average molecular weight is 524 g/mol. The number of aromatic nitrogens is 5. The molecule has 0 bridgehead atoms. The van der Waals surface area contributed by atoms with Gasteiger partial charge >= 0.3 is 0 Å². The summed E-state index contributed by atoms with van der Waals surface area (Å²) >= 11 is 1.23. The fourth-order valence-corrected chi connectivity index (χ4v) is 4.02. The van der Waals surface area contributed by atoms with Gasteiger partial charge in [0.15, 0.2) is 5.69 Å². The Balaban J connectivity index is 1.55. The van der Waals surface area contributed by atoms with Gasteiger partial charge in [-0.2, -0.15) is 15.0 Å². The van der Waals surface area contributed by atoms with Crippen molar-refractivity contribution in [2.45, 2.75) is 33.1 Å². The molecule has 0 aliphatic heterocycles. The van der Waals surface area contributed by atoms with Crippen LogP contribution in [0.3, 0.4) is 0 Å². The van der Waals surface area contributed by atoms with Gasteiger partial charge in [-0.15, -0.1) is 0 Å². The monoisotopic (exact) mass is 523 g/mol. The first-order valence-electron chi connectivity index (χ1n) is 11.4. The molecule has 0 saturated carbocycles. The molecular weight excluding hydrogens is 494 g/mol. The zero-order chi connectivity index (χ0) is 26.7. The van der Waals surface area contributed by atoms with Gasteiger partial charge in [-0.1, -0.05) is 44.2 Å². The van der Waals surface area contributed by atoms with E-state index in [1.807, 2.05) is 19.1 Å². The summed E-state index contributed by atoms with van der Waals surface area (Å²) in [6.07, 6.45) is 3.30. The average Bonchev–Trinajstić information content (AvgIpc) is 3.57. The molecule has 0 fully saturated rings. The Labute approximate surface area is 218 Å². The molecule has 3 aromatic heterocycles. The van der Waals surface area contributed by atoms with Gasteiger partial charge < -0.3 is 24.5 Å². The van der Waals surface area contributed by atoms with Crippen LogP contribution in [0.2, 0.25) is 0 Å². The van der Waals surface area contributed by atoms with Gasteiger partial charge in [-0.25, -0.2) is 4.98 Å². The number of thiazole rings is 1. The molecule has 0 aliphatic carbocycles. The summed E-state index contributed by atoms with van der Waals surface area (Å²) in [7, 11) is 4.62. The van der Waals surface area contributed by atoms with E-state index in [2.05, 4.69) is 57.1 Å². The predicted octanol–water partition coefficient (Wildman–Crippen LogP) is 5.09. The van der Waals surface area contributed by atoms with Gasteiger partial charge in [0, 0.05) is 24.8 Å². The summed E-state index contributed by atoms with van der Waals surface area (Å²) in [6, 6.07) is 6.11. The number of anilines is 3. The SMILES string of the molecule is COc1nc(N(C)c2ncc[nH]2)nc(OC)c1NC(=O)c1csc(Oc2cc(C(C)(C)C)ccc2C)n1. The van der Waals surface area contributed by atoms with Gasteiger partial charge in [0.25, 0.3) is 11.1 Å². The van der Waals surface area contributed by atoms with E-state index in [1.54, 1.807) is 29.7 Å². The van der Waals surface area contributed by atoms with Crippen LogP contribution in [0, 0.1) is 6.92 Å². The lowest BCUT2D eigenvalue weighted by molar-refractivity contribution is 0.102. The summed E-state index contributed by atoms with van der Waals surface area (Å²) in [5.74, 6) is 1.24. The minimum absolute atomic E-state index is 0.0256. The second kappa shape index (κ2) is 10.4. The number of nitrogens with zero attached hydrogens (tertiary/aromatic N) is 5. The molecule has 12 heteroatoms. The van der Waals surface area contributed by atoms with Crippen LogP contribution in [0.4, 0.5) is 17.6 Å². The molecule has 0 saturated heterocycles. The van der Waals surface area contributed by atoms with E-state index in [1.165, 1.54) is 25.6 Å². The molecule has 3 heterocycles. The number of carbonyl (C=O) groups excluding carboxylic acids is 1. The van der Waals surface area contributed by atoms with Crippen molar-refractivity contribution in [3.63, 3.8) is 0 Å². The maximum Gasteiger partial charge on any atom is 0.279 e. The smallest absolute Gasteiger partial charge is 0.279 e. The van der Waals surface area contributed by atoms with E-state index in [9.17, 15) is 4.79 Å². The Morgan fingerprint density at radius 3 is 2.41 bits per heavy atom. The molecule has 194 valence electrons. The minimum atomic E-state index is -0.487. The Morgan fingerprint density at radius 2 is 1.81 bits per heavy atom. The second-order valence-corrected chi connectivity index (χ2v) is 9.99. The molecule has 4 rings (SSSR count). The normalized spacial score (nSPS) is 11.2. The highest BCUT2D eigenvalue weighted by atomic mass is 32.1. The molecule has 0 radical (unpaired) electrons. The summed E-state index contributed by atoms with van der Waals surface area (Å²) < 4.78 is 16.9. The van der Waals surface area contributed by atoms with Gasteiger partial charge in [0.1, 0.15) is 11.4 Å². The first-order chi connectivity index (χ1) is 17.6. The third-order valence-corrected chi connectivity index (χ3v) is 6.24. The standard InChI is InChI=1S/C25H29N7O4S/c1-14-8-9-15(25(2,3)4)12-17(14)36-24-28-16(13-37-24)19(33)29-18-20(34-6)30-23(31-21(18)35-7)32(5)22-26-10-11-27-22/h8-13H,1-7H3,(H,26,27)(H,29,33). The fourth-order valence-electron chi connectivity index (χ4n) is 3.35. The van der Waals surface area contributed by atoms with Crippen molar-refractivity contribution in [1.29, 1.82) is 0 Å². The van der Waals surface area contributed by atoms with Gasteiger partial charge in [-0.05, 0) is 29.5 Å². The number of ether oxygens (including phenoxy) is 3. The minimum Gasteiger partial charge on any atom is -0.479 e. The molecule has 4 aromatic rings. The molecule has 1 amide bonds. The molecule has 1 aromatic carbocycles. The van der Waals surface area contributed by atoms with Crippen molar-refractivity contribution in [2.75, 3.05) is 31.5 Å². The van der Waals surface area contributed by atoms with Crippen LogP contribution in [-0.2, 0) is 5.41 Å². The highest BCUT2D eigenvalue weighted by molar-refractivity contribution is 7.11. The third kappa shape index (κ3) is 5.64. The lowest BCUT2D eigenvalue weighted by Gasteiger charge is -2.20. The number of rotatable bonds is 8. The van der Waals surface area contributed by atoms with E-state index in [4.69, 9.17) is 14.2 Å². The van der Waals surface area contributed by atoms with Crippen molar-refractivity contribution < 1.29 is 19.0 Å². The molecule has 0 spiro atoms. The van der Waals surface area contributed by atoms with Crippen LogP contribution in [0.25, 0.3) is 0 Å². The van der Waals surface area contributed by atoms with E-state index in [0.717, 1.165) is 11.1 Å². The molecule has 0 aliphatic rings. The number of hydrogen-bond acceptors (Lipinski definition) is 10. The highest BCUT2D eigenvalue weighted by Gasteiger charge is 2.23. The Bertz CT molecular complexity index is 1370. The summed E-state index contributed by atoms with van der Waals surface area (Å²) in [4.78, 5) is 35.0. The Kier molecular flexibility index (Phi) is 7.30. The maximum absolute atomic E-state index is 13.1. The van der Waals surface area contributed by atoms with Gasteiger partial charge in [0.2, 0.25) is 23.7 Å². The van der Waals surface area contributed by atoms with E-state index in [-0.39, 0.29) is 34.5 Å². The molecule has 2 N–H and O–H groups in total. The number of aromatic amines is 1. The number of methoxy groups -OCH3 is 2. The number of aryl methyl sites for hydroxylation is 1. The van der Waals surface area contributed by atoms with Gasteiger partial charge in [-0.3, -0.25) is 9.69 Å². The fraction of sp³-hybridized carbons (Fsp3) is 0.320. The lowest BCUT2D eigenvalue weighted by atomic mass is 9.86. The summed E-state index contributed by atoms with van der Waals surface area (Å²) in [6.45, 7) is 8.39. The second-order valence-electron chi connectivity index (χ2n) is 9.17. The van der Waals surface area contributed by atoms with Crippen LogP contribution in [-0.4, -0.2) is 52.1 Å². The van der Waals surface area contributed by atoms with Crippen molar-refractivity contribution >= 4 is 34.8 Å². The number of carbonyl (C=O) groups is 1. The van der Waals surface area contributed by atoms with E-state index < -0.39 is 5.91 Å². The number of imidazole rings is 1. The zero-order valence-electron chi connectivity index (χ0n) is 21.7. The van der Waals surface area contributed by atoms with E-state index in [0.29, 0.717) is 16.9 Å². The number of hydrogen-bond donors (Lipinski definition) is 2. The molecule has 37 heavy (non-hydrogen) atoms. The number of amides is 1. The van der Waals surface area contributed by atoms with Gasteiger partial charge in [0.05, 0.1) is 14.2 Å². The number of benzene rings is 1. The van der Waals surface area contributed by atoms with Crippen molar-refractivity contribution in [2.24, 2.45) is 0 Å². The van der Waals surface area contributed by atoms with Crippen molar-refractivity contribution in [3.05, 3.63) is 52.8 Å². The summed E-state index contributed by atoms with van der Waals surface area (Å²) in [5, 5.41) is 4.72. The zero-order valence-corrected chi connectivity index (χ0v) is 22.6. The van der Waals surface area contributed by atoms with Crippen molar-refractivity contribution in [3.8, 4) is 22.7 Å². The Morgan fingerprint density at radius 1 is 1.11 bits per heavy atom. The van der Waals surface area contributed by atoms with E-state index >= 15 is 0 Å². The maximum atomic E-state index is 13.1. The highest BCUT2D eigenvalue weighted by Crippen LogP contribution is 2.36. The first kappa shape index (κ1) is 25.9. The third-order valence-electron chi connectivity index (χ3n) is 5.52. The van der Waals surface area contributed by atoms with Crippen molar-refractivity contribution in [1.82, 2.24) is 24.9 Å². The van der Waals surface area contributed by atoms with Crippen LogP contribution in [0.5, 0.6) is 22.7 Å². The number of H-pyrrole nitrogens is 1. The van der Waals surface area contributed by atoms with Crippen LogP contribution < -0.4 is 24.4 Å². The first-order valence-corrected chi connectivity index (χ1v) is 12.3. The predicted molar refractivity (Wildman–Crippen MR) is 142 cm³/mol. The summed E-state index contributed by atoms with van der Waals surface area (Å²) in [5.41, 5.74) is 2.44. The molecule has 0 unspecified atom stereocenters. The van der Waals surface area contributed by atoms with Crippen LogP contribution >= 0.6 is 11.3 Å². The lowest BCUT2D eigenvalue weighted by Crippen LogP contribution is -2.18. The molecule has 0 atom stereocenters. The van der Waals surface area contributed by atoms with Crippen LogP contribution in [0.15, 0.2) is 36.0 Å². The molecular formula is C25H29N7O4S. The molecule has 11 nitrogen and oxygen atoms in total. The van der Waals surface area contributed by atoms with Crippen LogP contribution in [0.1, 0.15) is 42.4 Å².